The lowest BCUT2D eigenvalue weighted by Crippen LogP contribution is -2.53. The van der Waals surface area contributed by atoms with Crippen LogP contribution in [0, 0.1) is 5.92 Å². The van der Waals surface area contributed by atoms with Gasteiger partial charge in [-0.25, -0.2) is 4.79 Å². The third-order valence-electron chi connectivity index (χ3n) is 4.04. The molecule has 23 heavy (non-hydrogen) atoms. The van der Waals surface area contributed by atoms with Crippen LogP contribution < -0.4 is 0 Å². The maximum absolute atomic E-state index is 12.4. The summed E-state index contributed by atoms with van der Waals surface area (Å²) in [6, 6.07) is 7.10. The van der Waals surface area contributed by atoms with Crippen LogP contribution in [0.5, 0.6) is 0 Å². The average molecular weight is 339 g/mol. The minimum absolute atomic E-state index is 0.391. The second-order valence-corrected chi connectivity index (χ2v) is 5.99. The summed E-state index contributed by atoms with van der Waals surface area (Å²) in [5.41, 5.74) is -0.632. The Balaban J connectivity index is 2.57. The molecule has 0 spiro atoms. The van der Waals surface area contributed by atoms with Gasteiger partial charge >= 0.3 is 11.9 Å². The Hall–Kier alpha value is -2.01. The van der Waals surface area contributed by atoms with E-state index in [0.29, 0.717) is 10.8 Å². The molecule has 1 heterocycles. The van der Waals surface area contributed by atoms with Gasteiger partial charge in [0.25, 0.3) is 0 Å². The number of hydrogen-bond donors (Lipinski definition) is 0. The Kier molecular flexibility index (Phi) is 5.00. The Bertz CT molecular complexity index is 637. The number of hydrogen-bond acceptors (Lipinski definition) is 5. The third kappa shape index (κ3) is 3.20. The highest BCUT2D eigenvalue weighted by Crippen LogP contribution is 2.43. The fourth-order valence-corrected chi connectivity index (χ4v) is 3.09. The van der Waals surface area contributed by atoms with Gasteiger partial charge in [0.2, 0.25) is 5.60 Å². The second kappa shape index (κ2) is 6.62. The van der Waals surface area contributed by atoms with Gasteiger partial charge < -0.3 is 14.2 Å². The topological polar surface area (TPSA) is 61.8 Å². The number of carbonyl (C=O) groups excluding carboxylic acids is 2. The lowest BCUT2D eigenvalue weighted by Gasteiger charge is -2.41. The average Bonchev–Trinajstić information content (AvgIpc) is 2.53. The van der Waals surface area contributed by atoms with E-state index in [1.54, 1.807) is 32.1 Å². The standard InChI is InChI=1S/C17H19ClO5/c1-10-9-13(11-5-7-12(18)8-6-11)14(15(19)21-3)17(2,23-10)16(20)22-4/h5-9,13-14H,1-4H3. The molecule has 0 aromatic heterocycles. The number of rotatable bonds is 3. The van der Waals surface area contributed by atoms with Gasteiger partial charge in [-0.1, -0.05) is 23.7 Å². The maximum atomic E-state index is 12.4. The number of allylic oxidation sites excluding steroid dienone is 2. The first-order valence-electron chi connectivity index (χ1n) is 7.12. The molecule has 1 aliphatic rings. The van der Waals surface area contributed by atoms with E-state index in [9.17, 15) is 9.59 Å². The van der Waals surface area contributed by atoms with Crippen molar-refractivity contribution in [3.05, 3.63) is 46.7 Å². The predicted molar refractivity (Wildman–Crippen MR) is 85.0 cm³/mol. The number of ether oxygens (including phenoxy) is 3. The SMILES string of the molecule is COC(=O)C1C(c2ccc(Cl)cc2)C=C(C)OC1(C)C(=O)OC. The van der Waals surface area contributed by atoms with Gasteiger partial charge in [-0.3, -0.25) is 4.79 Å². The van der Waals surface area contributed by atoms with E-state index < -0.39 is 29.4 Å². The van der Waals surface area contributed by atoms with Crippen LogP contribution in [0.25, 0.3) is 0 Å². The third-order valence-corrected chi connectivity index (χ3v) is 4.29. The molecule has 6 heteroatoms. The van der Waals surface area contributed by atoms with Gasteiger partial charge in [0.1, 0.15) is 5.92 Å². The smallest absolute Gasteiger partial charge is 0.350 e. The molecule has 1 aromatic carbocycles. The van der Waals surface area contributed by atoms with Crippen molar-refractivity contribution in [2.45, 2.75) is 25.4 Å². The van der Waals surface area contributed by atoms with Gasteiger partial charge in [-0.2, -0.15) is 0 Å². The van der Waals surface area contributed by atoms with Crippen molar-refractivity contribution in [3.63, 3.8) is 0 Å². The molecule has 0 saturated heterocycles. The molecule has 1 aliphatic heterocycles. The molecule has 1 aromatic rings. The van der Waals surface area contributed by atoms with Crippen LogP contribution >= 0.6 is 11.6 Å². The number of methoxy groups -OCH3 is 2. The Morgan fingerprint density at radius 3 is 2.30 bits per heavy atom. The number of halogens is 1. The fraction of sp³-hybridized carbons (Fsp3) is 0.412. The van der Waals surface area contributed by atoms with E-state index in [4.69, 9.17) is 25.8 Å². The Labute approximate surface area is 140 Å². The first-order valence-corrected chi connectivity index (χ1v) is 7.50. The van der Waals surface area contributed by atoms with Crippen molar-refractivity contribution >= 4 is 23.5 Å². The van der Waals surface area contributed by atoms with Crippen molar-refractivity contribution in [1.82, 2.24) is 0 Å². The van der Waals surface area contributed by atoms with Gasteiger partial charge in [0, 0.05) is 10.9 Å². The van der Waals surface area contributed by atoms with Crippen LogP contribution in [0.1, 0.15) is 25.3 Å². The number of benzene rings is 1. The van der Waals surface area contributed by atoms with Crippen LogP contribution in [-0.4, -0.2) is 31.8 Å². The molecule has 124 valence electrons. The van der Waals surface area contributed by atoms with E-state index in [2.05, 4.69) is 0 Å². The number of carbonyl (C=O) groups is 2. The van der Waals surface area contributed by atoms with E-state index >= 15 is 0 Å². The van der Waals surface area contributed by atoms with E-state index in [0.717, 1.165) is 5.56 Å². The first-order chi connectivity index (χ1) is 10.8. The zero-order valence-electron chi connectivity index (χ0n) is 13.5. The van der Waals surface area contributed by atoms with Crippen LogP contribution in [0.15, 0.2) is 36.1 Å². The summed E-state index contributed by atoms with van der Waals surface area (Å²) >= 11 is 5.93. The normalized spacial score (nSPS) is 26.7. The quantitative estimate of drug-likeness (QED) is 0.793. The fourth-order valence-electron chi connectivity index (χ4n) is 2.97. The lowest BCUT2D eigenvalue weighted by molar-refractivity contribution is -0.181. The molecular formula is C17H19ClO5. The molecule has 3 unspecified atom stereocenters. The largest absolute Gasteiger partial charge is 0.480 e. The summed E-state index contributed by atoms with van der Waals surface area (Å²) in [5.74, 6) is -1.89. The van der Waals surface area contributed by atoms with Crippen LogP contribution in [0.4, 0.5) is 0 Å². The summed E-state index contributed by atoms with van der Waals surface area (Å²) in [6.45, 7) is 3.28. The van der Waals surface area contributed by atoms with Crippen molar-refractivity contribution in [2.75, 3.05) is 14.2 Å². The molecule has 0 amide bonds. The molecule has 0 aliphatic carbocycles. The summed E-state index contributed by atoms with van der Waals surface area (Å²) in [7, 11) is 2.54. The number of esters is 2. The molecule has 0 saturated carbocycles. The summed E-state index contributed by atoms with van der Waals surface area (Å²) in [4.78, 5) is 24.7. The summed E-state index contributed by atoms with van der Waals surface area (Å²) in [5, 5.41) is 0.590. The molecule has 0 fully saturated rings. The van der Waals surface area contributed by atoms with E-state index in [1.165, 1.54) is 14.2 Å². The monoisotopic (exact) mass is 338 g/mol. The van der Waals surface area contributed by atoms with Crippen molar-refractivity contribution in [2.24, 2.45) is 5.92 Å². The van der Waals surface area contributed by atoms with Crippen LogP contribution in [0.3, 0.4) is 0 Å². The van der Waals surface area contributed by atoms with Gasteiger partial charge in [-0.05, 0) is 37.6 Å². The molecular weight excluding hydrogens is 320 g/mol. The van der Waals surface area contributed by atoms with Crippen LogP contribution in [0.2, 0.25) is 5.02 Å². The lowest BCUT2D eigenvalue weighted by atomic mass is 9.73. The molecule has 2 rings (SSSR count). The summed E-state index contributed by atoms with van der Waals surface area (Å²) < 4.78 is 15.5. The maximum Gasteiger partial charge on any atom is 0.350 e. The Morgan fingerprint density at radius 1 is 1.17 bits per heavy atom. The predicted octanol–water partition coefficient (Wildman–Crippen LogP) is 3.08. The minimum atomic E-state index is -1.47. The van der Waals surface area contributed by atoms with E-state index in [-0.39, 0.29) is 0 Å². The van der Waals surface area contributed by atoms with E-state index in [1.807, 2.05) is 12.1 Å². The van der Waals surface area contributed by atoms with Crippen molar-refractivity contribution in [1.29, 1.82) is 0 Å². The van der Waals surface area contributed by atoms with Gasteiger partial charge in [-0.15, -0.1) is 0 Å². The zero-order chi connectivity index (χ0) is 17.2. The highest BCUT2D eigenvalue weighted by molar-refractivity contribution is 6.30. The highest BCUT2D eigenvalue weighted by Gasteiger charge is 2.55. The molecule has 0 radical (unpaired) electrons. The van der Waals surface area contributed by atoms with Crippen molar-refractivity contribution in [3.8, 4) is 0 Å². The molecule has 3 atom stereocenters. The first kappa shape index (κ1) is 17.3. The molecule has 5 nitrogen and oxygen atoms in total. The minimum Gasteiger partial charge on any atom is -0.480 e. The zero-order valence-corrected chi connectivity index (χ0v) is 14.2. The van der Waals surface area contributed by atoms with Gasteiger partial charge in [0.05, 0.1) is 20.0 Å². The second-order valence-electron chi connectivity index (χ2n) is 5.56. The Morgan fingerprint density at radius 2 is 1.78 bits per heavy atom. The van der Waals surface area contributed by atoms with Gasteiger partial charge in [0.15, 0.2) is 0 Å². The van der Waals surface area contributed by atoms with Crippen molar-refractivity contribution < 1.29 is 23.8 Å². The molecule has 0 bridgehead atoms. The summed E-state index contributed by atoms with van der Waals surface area (Å²) in [6.07, 6.45) is 1.80. The molecule has 0 N–H and O–H groups in total. The van der Waals surface area contributed by atoms with Crippen LogP contribution in [-0.2, 0) is 23.8 Å². The highest BCUT2D eigenvalue weighted by atomic mass is 35.5.